The Kier molecular flexibility index (Phi) is 4.28. The molecule has 0 bridgehead atoms. The maximum Gasteiger partial charge on any atom is 0.283 e. The lowest BCUT2D eigenvalue weighted by Gasteiger charge is -2.28. The zero-order chi connectivity index (χ0) is 17.7. The molecular weight excluding hydrogens is 331 g/mol. The summed E-state index contributed by atoms with van der Waals surface area (Å²) in [5, 5.41) is 3.52. The van der Waals surface area contributed by atoms with Crippen LogP contribution in [0.2, 0.25) is 0 Å². The smallest absolute Gasteiger partial charge is 0.283 e. The molecule has 7 heteroatoms. The Morgan fingerprint density at radius 3 is 2.68 bits per heavy atom. The number of amides is 1. The van der Waals surface area contributed by atoms with Gasteiger partial charge >= 0.3 is 0 Å². The fourth-order valence-corrected chi connectivity index (χ4v) is 4.97. The highest BCUT2D eigenvalue weighted by atomic mass is 19.3. The van der Waals surface area contributed by atoms with Crippen molar-refractivity contribution in [3.8, 4) is 0 Å². The number of aromatic nitrogens is 2. The molecule has 1 amide bonds. The van der Waals surface area contributed by atoms with Crippen LogP contribution in [0.4, 0.5) is 13.2 Å². The van der Waals surface area contributed by atoms with Crippen molar-refractivity contribution in [3.63, 3.8) is 0 Å². The molecule has 3 saturated carbocycles. The first-order chi connectivity index (χ1) is 12.0. The molecule has 1 aromatic rings. The number of halogens is 3. The molecule has 0 saturated heterocycles. The van der Waals surface area contributed by atoms with Crippen LogP contribution in [0.15, 0.2) is 0 Å². The van der Waals surface area contributed by atoms with Gasteiger partial charge in [-0.2, -0.15) is 9.49 Å². The summed E-state index contributed by atoms with van der Waals surface area (Å²) in [4.78, 5) is 14.6. The van der Waals surface area contributed by atoms with Crippen LogP contribution in [0.3, 0.4) is 0 Å². The second-order valence-electron chi connectivity index (χ2n) is 7.86. The molecule has 4 nitrogen and oxygen atoms in total. The van der Waals surface area contributed by atoms with Gasteiger partial charge in [0.1, 0.15) is 11.3 Å². The molecule has 4 rings (SSSR count). The van der Waals surface area contributed by atoms with Crippen LogP contribution in [0.5, 0.6) is 0 Å². The molecule has 25 heavy (non-hydrogen) atoms. The lowest BCUT2D eigenvalue weighted by Crippen LogP contribution is -2.39. The maximum absolute atomic E-state index is 14.3. The van der Waals surface area contributed by atoms with E-state index >= 15 is 0 Å². The van der Waals surface area contributed by atoms with Gasteiger partial charge in [0.15, 0.2) is 0 Å². The number of carbonyl (C=O) groups excluding carboxylic acids is 1. The monoisotopic (exact) mass is 355 g/mol. The van der Waals surface area contributed by atoms with E-state index in [1.807, 2.05) is 0 Å². The van der Waals surface area contributed by atoms with E-state index in [9.17, 15) is 18.0 Å². The molecule has 3 unspecified atom stereocenters. The molecule has 3 aliphatic rings. The summed E-state index contributed by atoms with van der Waals surface area (Å²) in [7, 11) is 1.25. The van der Waals surface area contributed by atoms with Gasteiger partial charge in [-0.05, 0) is 49.9 Å². The standard InChI is InChI=1S/C18H24F3N3O/c1-23-17(21)14(15(22-23)16(19)20)18(25)24(12-7-8-12)9-11-6-5-10-3-2-4-13(10)11/h10-13,16H,2-9H2,1H3. The van der Waals surface area contributed by atoms with Gasteiger partial charge in [-0.25, -0.2) is 13.5 Å². The van der Waals surface area contributed by atoms with E-state index in [1.54, 1.807) is 4.90 Å². The van der Waals surface area contributed by atoms with Crippen molar-refractivity contribution in [2.24, 2.45) is 24.8 Å². The van der Waals surface area contributed by atoms with Crippen molar-refractivity contribution in [2.75, 3.05) is 6.54 Å². The molecule has 1 aromatic heterocycles. The lowest BCUT2D eigenvalue weighted by molar-refractivity contribution is 0.0679. The Hall–Kier alpha value is -1.53. The van der Waals surface area contributed by atoms with E-state index < -0.39 is 29.5 Å². The number of aryl methyl sites for hydroxylation is 1. The average molecular weight is 355 g/mol. The molecule has 138 valence electrons. The molecule has 3 fully saturated rings. The Morgan fingerprint density at radius 2 is 2.00 bits per heavy atom. The first-order valence-corrected chi connectivity index (χ1v) is 9.29. The molecule has 0 aliphatic heterocycles. The molecular formula is C18H24F3N3O. The van der Waals surface area contributed by atoms with E-state index in [0.717, 1.165) is 29.9 Å². The maximum atomic E-state index is 14.3. The summed E-state index contributed by atoms with van der Waals surface area (Å²) in [6.45, 7) is 0.571. The molecule has 0 spiro atoms. The minimum atomic E-state index is -2.96. The Morgan fingerprint density at radius 1 is 1.24 bits per heavy atom. The third-order valence-electron chi connectivity index (χ3n) is 6.34. The molecule has 0 radical (unpaired) electrons. The number of hydrogen-bond acceptors (Lipinski definition) is 2. The van der Waals surface area contributed by atoms with E-state index in [2.05, 4.69) is 5.10 Å². The minimum absolute atomic E-state index is 0.0677. The van der Waals surface area contributed by atoms with Crippen LogP contribution in [-0.4, -0.2) is 33.2 Å². The number of alkyl halides is 2. The van der Waals surface area contributed by atoms with Crippen LogP contribution in [-0.2, 0) is 7.05 Å². The fourth-order valence-electron chi connectivity index (χ4n) is 4.97. The van der Waals surface area contributed by atoms with Crippen LogP contribution in [0, 0.1) is 23.7 Å². The molecule has 0 N–H and O–H groups in total. The first-order valence-electron chi connectivity index (χ1n) is 9.29. The average Bonchev–Trinajstić information content (AvgIpc) is 3.05. The molecule has 1 heterocycles. The number of hydrogen-bond donors (Lipinski definition) is 0. The Balaban J connectivity index is 1.58. The Labute approximate surface area is 145 Å². The lowest BCUT2D eigenvalue weighted by atomic mass is 9.91. The highest BCUT2D eigenvalue weighted by Crippen LogP contribution is 2.48. The number of nitrogens with zero attached hydrogens (tertiary/aromatic N) is 3. The molecule has 0 aromatic carbocycles. The van der Waals surface area contributed by atoms with Crippen molar-refractivity contribution >= 4 is 5.91 Å². The SMILES string of the molecule is Cn1nc(C(F)F)c(C(=O)N(CC2CCC3CCCC32)C2CC2)c1F. The van der Waals surface area contributed by atoms with Crippen LogP contribution >= 0.6 is 0 Å². The zero-order valence-electron chi connectivity index (χ0n) is 14.4. The second-order valence-corrected chi connectivity index (χ2v) is 7.86. The largest absolute Gasteiger partial charge is 0.335 e. The van der Waals surface area contributed by atoms with Crippen molar-refractivity contribution in [1.82, 2.24) is 14.7 Å². The van der Waals surface area contributed by atoms with Gasteiger partial charge in [-0.15, -0.1) is 0 Å². The summed E-state index contributed by atoms with van der Waals surface area (Å²) in [5.74, 6) is 0.253. The van der Waals surface area contributed by atoms with Crippen molar-refractivity contribution in [1.29, 1.82) is 0 Å². The van der Waals surface area contributed by atoms with Gasteiger partial charge in [0.25, 0.3) is 12.3 Å². The summed E-state index contributed by atoms with van der Waals surface area (Å²) >= 11 is 0. The van der Waals surface area contributed by atoms with Crippen molar-refractivity contribution < 1.29 is 18.0 Å². The zero-order valence-corrected chi connectivity index (χ0v) is 14.4. The number of fused-ring (bicyclic) bond motifs is 1. The number of rotatable bonds is 5. The summed E-state index contributed by atoms with van der Waals surface area (Å²) < 4.78 is 41.5. The fraction of sp³-hybridized carbons (Fsp3) is 0.778. The second kappa shape index (κ2) is 6.32. The highest BCUT2D eigenvalue weighted by molar-refractivity contribution is 5.96. The van der Waals surface area contributed by atoms with Crippen molar-refractivity contribution in [2.45, 2.75) is 57.4 Å². The van der Waals surface area contributed by atoms with Gasteiger partial charge in [0.05, 0.1) is 0 Å². The summed E-state index contributed by atoms with van der Waals surface area (Å²) in [5.41, 5.74) is -1.27. The molecule has 3 atom stereocenters. The third-order valence-corrected chi connectivity index (χ3v) is 6.34. The Bertz CT molecular complexity index is 671. The van der Waals surface area contributed by atoms with E-state index in [-0.39, 0.29) is 6.04 Å². The van der Waals surface area contributed by atoms with Gasteiger partial charge in [-0.3, -0.25) is 4.79 Å². The normalized spacial score (nSPS) is 28.6. The highest BCUT2D eigenvalue weighted by Gasteiger charge is 2.44. The van der Waals surface area contributed by atoms with Gasteiger partial charge < -0.3 is 4.90 Å². The minimum Gasteiger partial charge on any atom is -0.335 e. The van der Waals surface area contributed by atoms with Gasteiger partial charge in [0.2, 0.25) is 5.95 Å². The van der Waals surface area contributed by atoms with Crippen LogP contribution in [0.25, 0.3) is 0 Å². The van der Waals surface area contributed by atoms with Gasteiger partial charge in [-0.1, -0.05) is 12.8 Å². The predicted octanol–water partition coefficient (Wildman–Crippen LogP) is 3.93. The van der Waals surface area contributed by atoms with E-state index in [1.165, 1.54) is 32.7 Å². The van der Waals surface area contributed by atoms with Crippen LogP contribution < -0.4 is 0 Å². The van der Waals surface area contributed by atoms with E-state index in [4.69, 9.17) is 0 Å². The number of carbonyl (C=O) groups is 1. The topological polar surface area (TPSA) is 38.1 Å². The van der Waals surface area contributed by atoms with Crippen LogP contribution in [0.1, 0.15) is 67.4 Å². The van der Waals surface area contributed by atoms with E-state index in [0.29, 0.717) is 18.4 Å². The summed E-state index contributed by atoms with van der Waals surface area (Å²) in [6, 6.07) is 0.0677. The quantitative estimate of drug-likeness (QED) is 0.803. The first kappa shape index (κ1) is 16.9. The summed E-state index contributed by atoms with van der Waals surface area (Å²) in [6.07, 6.45) is 4.79. The van der Waals surface area contributed by atoms with Crippen molar-refractivity contribution in [3.05, 3.63) is 17.2 Å². The van der Waals surface area contributed by atoms with Gasteiger partial charge in [0, 0.05) is 19.6 Å². The molecule has 3 aliphatic carbocycles. The third kappa shape index (κ3) is 2.95. The predicted molar refractivity (Wildman–Crippen MR) is 85.7 cm³/mol.